The van der Waals surface area contributed by atoms with Crippen LogP contribution in [0.15, 0.2) is 52.0 Å². The zero-order valence-electron chi connectivity index (χ0n) is 15.7. The van der Waals surface area contributed by atoms with Crippen LogP contribution in [0.25, 0.3) is 0 Å². The van der Waals surface area contributed by atoms with Crippen molar-refractivity contribution in [1.82, 2.24) is 10.6 Å². The van der Waals surface area contributed by atoms with E-state index in [4.69, 9.17) is 13.9 Å². The van der Waals surface area contributed by atoms with Crippen LogP contribution in [0.4, 0.5) is 4.79 Å². The summed E-state index contributed by atoms with van der Waals surface area (Å²) in [5.41, 5.74) is 0.380. The average Bonchev–Trinajstić information content (AvgIpc) is 3.43. The van der Waals surface area contributed by atoms with Gasteiger partial charge >= 0.3 is 12.0 Å². The van der Waals surface area contributed by atoms with Crippen LogP contribution >= 0.6 is 11.8 Å². The molecule has 29 heavy (non-hydrogen) atoms. The zero-order valence-corrected chi connectivity index (χ0v) is 16.5. The second-order valence-electron chi connectivity index (χ2n) is 6.33. The highest BCUT2D eigenvalue weighted by molar-refractivity contribution is 7.99. The third-order valence-electron chi connectivity index (χ3n) is 4.15. The first kappa shape index (κ1) is 20.9. The molecule has 154 valence electrons. The molecule has 1 saturated heterocycles. The Morgan fingerprint density at radius 3 is 2.79 bits per heavy atom. The Morgan fingerprint density at radius 2 is 2.03 bits per heavy atom. The van der Waals surface area contributed by atoms with Crippen LogP contribution in [0.1, 0.15) is 29.0 Å². The minimum atomic E-state index is -0.722. The molecule has 0 radical (unpaired) electrons. The summed E-state index contributed by atoms with van der Waals surface area (Å²) in [6.07, 6.45) is 3.74. The summed E-state index contributed by atoms with van der Waals surface area (Å²) in [5.74, 6) is -0.0387. The number of furan rings is 1. The Morgan fingerprint density at radius 1 is 1.17 bits per heavy atom. The second kappa shape index (κ2) is 10.7. The second-order valence-corrected chi connectivity index (χ2v) is 7.39. The topological polar surface area (TPSA) is 107 Å². The van der Waals surface area contributed by atoms with Crippen molar-refractivity contribution >= 4 is 29.7 Å². The first-order valence-electron chi connectivity index (χ1n) is 9.22. The number of benzene rings is 1. The molecule has 0 aliphatic carbocycles. The lowest BCUT2D eigenvalue weighted by atomic mass is 10.2. The average molecular weight is 418 g/mol. The van der Waals surface area contributed by atoms with E-state index in [2.05, 4.69) is 10.6 Å². The molecule has 1 aliphatic rings. The lowest BCUT2D eigenvalue weighted by molar-refractivity contribution is -0.123. The fourth-order valence-electron chi connectivity index (χ4n) is 2.72. The largest absolute Gasteiger partial charge is 0.467 e. The molecule has 8 nitrogen and oxygen atoms in total. The molecule has 1 aromatic carbocycles. The van der Waals surface area contributed by atoms with Gasteiger partial charge in [0.25, 0.3) is 5.91 Å². The molecule has 9 heteroatoms. The molecule has 3 rings (SSSR count). The van der Waals surface area contributed by atoms with E-state index in [0.29, 0.717) is 11.3 Å². The highest BCUT2D eigenvalue weighted by Crippen LogP contribution is 2.27. The lowest BCUT2D eigenvalue weighted by Crippen LogP contribution is -2.41. The third kappa shape index (κ3) is 6.65. The number of rotatable bonds is 8. The summed E-state index contributed by atoms with van der Waals surface area (Å²) in [6, 6.07) is 9.73. The van der Waals surface area contributed by atoms with E-state index in [1.54, 1.807) is 24.3 Å². The standard InChI is InChI=1S/C20H22N2O6S/c23-18(22-20(25)21-11-14-5-3-9-26-14)12-28-19(24)16-7-1-2-8-17(16)29-13-15-6-4-10-27-15/h1-3,5,7-9,15H,4,6,10-13H2,(H2,21,22,23,25)/t15-/m1/s1. The number of ether oxygens (including phenoxy) is 2. The fourth-order valence-corrected chi connectivity index (χ4v) is 3.83. The molecule has 1 aromatic heterocycles. The minimum Gasteiger partial charge on any atom is -0.467 e. The number of amides is 3. The predicted molar refractivity (Wildman–Crippen MR) is 106 cm³/mol. The van der Waals surface area contributed by atoms with Gasteiger partial charge in [0.05, 0.1) is 24.5 Å². The number of thioether (sulfide) groups is 1. The summed E-state index contributed by atoms with van der Waals surface area (Å²) in [5, 5.41) is 4.56. The van der Waals surface area contributed by atoms with Crippen molar-refractivity contribution in [3.05, 3.63) is 54.0 Å². The number of carbonyl (C=O) groups excluding carboxylic acids is 3. The molecule has 0 spiro atoms. The number of esters is 1. The smallest absolute Gasteiger partial charge is 0.339 e. The maximum Gasteiger partial charge on any atom is 0.339 e. The maximum atomic E-state index is 12.4. The Hall–Kier alpha value is -2.78. The summed E-state index contributed by atoms with van der Waals surface area (Å²) < 4.78 is 15.7. The molecule has 1 fully saturated rings. The van der Waals surface area contributed by atoms with Crippen LogP contribution in [0.5, 0.6) is 0 Å². The number of hydrogen-bond donors (Lipinski definition) is 2. The van der Waals surface area contributed by atoms with E-state index in [0.717, 1.165) is 30.1 Å². The first-order chi connectivity index (χ1) is 14.1. The van der Waals surface area contributed by atoms with Crippen molar-refractivity contribution in [2.24, 2.45) is 0 Å². The Balaban J connectivity index is 1.43. The molecule has 0 bridgehead atoms. The van der Waals surface area contributed by atoms with Gasteiger partial charge < -0.3 is 19.2 Å². The number of urea groups is 1. The van der Waals surface area contributed by atoms with Gasteiger partial charge in [-0.25, -0.2) is 9.59 Å². The van der Waals surface area contributed by atoms with Gasteiger partial charge in [-0.05, 0) is 37.1 Å². The lowest BCUT2D eigenvalue weighted by Gasteiger charge is -2.12. The van der Waals surface area contributed by atoms with Crippen LogP contribution in [-0.2, 0) is 20.8 Å². The molecular formula is C20H22N2O6S. The predicted octanol–water partition coefficient (Wildman–Crippen LogP) is 2.73. The molecule has 3 amide bonds. The van der Waals surface area contributed by atoms with E-state index in [-0.39, 0.29) is 12.6 Å². The van der Waals surface area contributed by atoms with Crippen molar-refractivity contribution in [3.63, 3.8) is 0 Å². The molecule has 0 unspecified atom stereocenters. The summed E-state index contributed by atoms with van der Waals surface area (Å²) in [7, 11) is 0. The zero-order chi connectivity index (χ0) is 20.5. The van der Waals surface area contributed by atoms with Gasteiger partial charge in [-0.3, -0.25) is 10.1 Å². The van der Waals surface area contributed by atoms with Crippen LogP contribution in [0.3, 0.4) is 0 Å². The highest BCUT2D eigenvalue weighted by Gasteiger charge is 2.19. The fraction of sp³-hybridized carbons (Fsp3) is 0.350. The number of nitrogens with one attached hydrogen (secondary N) is 2. The number of hydrogen-bond acceptors (Lipinski definition) is 7. The van der Waals surface area contributed by atoms with Crippen molar-refractivity contribution in [2.75, 3.05) is 19.0 Å². The summed E-state index contributed by atoms with van der Waals surface area (Å²) in [4.78, 5) is 36.7. The van der Waals surface area contributed by atoms with Gasteiger partial charge in [0.2, 0.25) is 0 Å². The number of imide groups is 1. The van der Waals surface area contributed by atoms with Gasteiger partial charge in [0, 0.05) is 17.3 Å². The minimum absolute atomic E-state index is 0.140. The first-order valence-corrected chi connectivity index (χ1v) is 10.2. The van der Waals surface area contributed by atoms with Gasteiger partial charge in [0.15, 0.2) is 6.61 Å². The maximum absolute atomic E-state index is 12.4. The monoisotopic (exact) mass is 418 g/mol. The summed E-state index contributed by atoms with van der Waals surface area (Å²) >= 11 is 1.52. The van der Waals surface area contributed by atoms with E-state index >= 15 is 0 Å². The molecule has 1 atom stereocenters. The van der Waals surface area contributed by atoms with E-state index < -0.39 is 24.5 Å². The van der Waals surface area contributed by atoms with Gasteiger partial charge in [0.1, 0.15) is 5.76 Å². The molecule has 2 heterocycles. The molecule has 0 saturated carbocycles. The van der Waals surface area contributed by atoms with Gasteiger partial charge in [-0.1, -0.05) is 12.1 Å². The normalized spacial score (nSPS) is 15.7. The van der Waals surface area contributed by atoms with E-state index in [1.165, 1.54) is 18.0 Å². The van der Waals surface area contributed by atoms with Gasteiger partial charge in [-0.2, -0.15) is 0 Å². The number of carbonyl (C=O) groups is 3. The Labute approximate surface area is 172 Å². The van der Waals surface area contributed by atoms with Crippen molar-refractivity contribution < 1.29 is 28.3 Å². The molecule has 2 N–H and O–H groups in total. The van der Waals surface area contributed by atoms with Crippen LogP contribution in [-0.4, -0.2) is 43.0 Å². The summed E-state index contributed by atoms with van der Waals surface area (Å²) in [6.45, 7) is 0.359. The Kier molecular flexibility index (Phi) is 7.71. The van der Waals surface area contributed by atoms with Crippen LogP contribution < -0.4 is 10.6 Å². The molecule has 2 aromatic rings. The van der Waals surface area contributed by atoms with Crippen molar-refractivity contribution in [2.45, 2.75) is 30.4 Å². The quantitative estimate of drug-likeness (QED) is 0.501. The van der Waals surface area contributed by atoms with Crippen LogP contribution in [0, 0.1) is 0 Å². The van der Waals surface area contributed by atoms with E-state index in [1.807, 2.05) is 12.1 Å². The van der Waals surface area contributed by atoms with Crippen LogP contribution in [0.2, 0.25) is 0 Å². The van der Waals surface area contributed by atoms with Crippen molar-refractivity contribution in [1.29, 1.82) is 0 Å². The SMILES string of the molecule is O=C(COC(=O)c1ccccc1SC[C@H]1CCCO1)NC(=O)NCc1ccco1. The van der Waals surface area contributed by atoms with Crippen molar-refractivity contribution in [3.8, 4) is 0 Å². The molecular weight excluding hydrogens is 396 g/mol. The highest BCUT2D eigenvalue weighted by atomic mass is 32.2. The third-order valence-corrected chi connectivity index (χ3v) is 5.35. The van der Waals surface area contributed by atoms with E-state index in [9.17, 15) is 14.4 Å². The van der Waals surface area contributed by atoms with Gasteiger partial charge in [-0.15, -0.1) is 11.8 Å². The molecule has 1 aliphatic heterocycles. The Bertz CT molecular complexity index is 833.